The van der Waals surface area contributed by atoms with Crippen molar-refractivity contribution >= 4 is 31.0 Å². The summed E-state index contributed by atoms with van der Waals surface area (Å²) < 4.78 is 6.87. The molecule has 1 aromatic carbocycles. The van der Waals surface area contributed by atoms with Crippen LogP contribution in [0.15, 0.2) is 24.3 Å². The third kappa shape index (κ3) is 4.41. The SMILES string of the molecule is Bc1ccc(OC)c(CNC(=O)c2cc3n(n2)CC(C)(C(=O)NC2CCCC2)N(CC)C3=O)c1. The largest absolute Gasteiger partial charge is 0.496 e. The van der Waals surface area contributed by atoms with Crippen LogP contribution in [0.5, 0.6) is 5.75 Å². The molecule has 1 saturated carbocycles. The number of likely N-dealkylation sites (N-methyl/N-ethyl adjacent to an activating group) is 1. The van der Waals surface area contributed by atoms with E-state index in [1.807, 2.05) is 33.0 Å². The summed E-state index contributed by atoms with van der Waals surface area (Å²) in [5.74, 6) is -0.177. The number of nitrogens with zero attached hydrogens (tertiary/aromatic N) is 3. The van der Waals surface area contributed by atoms with Crippen LogP contribution in [-0.4, -0.2) is 65.5 Å². The fourth-order valence-electron chi connectivity index (χ4n) is 4.97. The minimum absolute atomic E-state index is 0.145. The molecule has 1 atom stereocenters. The van der Waals surface area contributed by atoms with Gasteiger partial charge in [0, 0.05) is 30.8 Å². The first-order valence-corrected chi connectivity index (χ1v) is 11.9. The van der Waals surface area contributed by atoms with Crippen LogP contribution in [-0.2, 0) is 17.9 Å². The van der Waals surface area contributed by atoms with E-state index in [9.17, 15) is 14.4 Å². The van der Waals surface area contributed by atoms with Crippen LogP contribution >= 0.6 is 0 Å². The van der Waals surface area contributed by atoms with Crippen LogP contribution in [0.4, 0.5) is 0 Å². The average Bonchev–Trinajstić information content (AvgIpc) is 3.47. The van der Waals surface area contributed by atoms with Gasteiger partial charge in [-0.15, -0.1) is 0 Å². The van der Waals surface area contributed by atoms with E-state index in [0.29, 0.717) is 18.0 Å². The number of carbonyl (C=O) groups excluding carboxylic acids is 3. The van der Waals surface area contributed by atoms with Crippen LogP contribution < -0.4 is 20.8 Å². The van der Waals surface area contributed by atoms with Gasteiger partial charge >= 0.3 is 0 Å². The van der Waals surface area contributed by atoms with E-state index in [4.69, 9.17) is 4.74 Å². The fraction of sp³-hybridized carbons (Fsp3) is 0.500. The Kier molecular flexibility index (Phi) is 6.68. The average molecular weight is 465 g/mol. The van der Waals surface area contributed by atoms with Crippen LogP contribution in [0.3, 0.4) is 0 Å². The Morgan fingerprint density at radius 2 is 2.00 bits per heavy atom. The molecule has 1 aliphatic carbocycles. The van der Waals surface area contributed by atoms with Crippen molar-refractivity contribution in [3.63, 3.8) is 0 Å². The molecule has 1 fully saturated rings. The number of carbonyl (C=O) groups is 3. The monoisotopic (exact) mass is 465 g/mol. The molecule has 3 amide bonds. The molecule has 2 heterocycles. The van der Waals surface area contributed by atoms with Crippen molar-refractivity contribution in [2.75, 3.05) is 13.7 Å². The molecular formula is C24H32BN5O4. The first-order chi connectivity index (χ1) is 16.3. The van der Waals surface area contributed by atoms with Gasteiger partial charge in [-0.25, -0.2) is 0 Å². The van der Waals surface area contributed by atoms with Crippen LogP contribution in [0.25, 0.3) is 0 Å². The highest BCUT2D eigenvalue weighted by Crippen LogP contribution is 2.28. The second-order valence-corrected chi connectivity index (χ2v) is 9.35. The Balaban J connectivity index is 1.52. The van der Waals surface area contributed by atoms with Gasteiger partial charge in [-0.2, -0.15) is 5.10 Å². The molecule has 2 N–H and O–H groups in total. The van der Waals surface area contributed by atoms with Crippen molar-refractivity contribution in [2.45, 2.75) is 64.2 Å². The van der Waals surface area contributed by atoms with E-state index in [1.54, 1.807) is 18.9 Å². The number of amides is 3. The van der Waals surface area contributed by atoms with Crippen molar-refractivity contribution in [2.24, 2.45) is 0 Å². The van der Waals surface area contributed by atoms with Gasteiger partial charge in [-0.05, 0) is 32.8 Å². The zero-order valence-corrected chi connectivity index (χ0v) is 20.3. The normalized spacial score (nSPS) is 20.2. The third-order valence-corrected chi connectivity index (χ3v) is 6.90. The maximum Gasteiger partial charge on any atom is 0.273 e. The number of methoxy groups -OCH3 is 1. The first-order valence-electron chi connectivity index (χ1n) is 11.9. The molecule has 0 spiro atoms. The maximum atomic E-state index is 13.3. The summed E-state index contributed by atoms with van der Waals surface area (Å²) in [6.07, 6.45) is 4.14. The number of benzene rings is 1. The highest BCUT2D eigenvalue weighted by atomic mass is 16.5. The zero-order chi connectivity index (χ0) is 24.5. The standard InChI is InChI=1S/C24H32BN5O4/c1-4-29-22(32)19-12-18(21(31)26-13-15-11-16(25)9-10-20(15)34-3)28-30(19)14-24(29,2)23(33)27-17-7-5-6-8-17/h9-12,17H,4-8,13-14,25H2,1-3H3,(H,26,31)(H,27,33). The van der Waals surface area contributed by atoms with Gasteiger partial charge in [-0.3, -0.25) is 19.1 Å². The summed E-state index contributed by atoms with van der Waals surface area (Å²) in [6, 6.07) is 7.41. The molecule has 0 saturated heterocycles. The van der Waals surface area contributed by atoms with E-state index in [1.165, 1.54) is 10.7 Å². The molecule has 1 aliphatic heterocycles. The molecule has 4 rings (SSSR count). The lowest BCUT2D eigenvalue weighted by Gasteiger charge is -2.43. The minimum atomic E-state index is -1.07. The topological polar surface area (TPSA) is 106 Å². The van der Waals surface area contributed by atoms with E-state index >= 15 is 0 Å². The molecule has 34 heavy (non-hydrogen) atoms. The van der Waals surface area contributed by atoms with E-state index in [2.05, 4.69) is 15.7 Å². The lowest BCUT2D eigenvalue weighted by molar-refractivity contribution is -0.133. The predicted molar refractivity (Wildman–Crippen MR) is 130 cm³/mol. The van der Waals surface area contributed by atoms with Crippen molar-refractivity contribution in [1.29, 1.82) is 0 Å². The Bertz CT molecular complexity index is 1110. The molecule has 10 heteroatoms. The second kappa shape index (κ2) is 9.52. The minimum Gasteiger partial charge on any atom is -0.496 e. The molecule has 180 valence electrons. The van der Waals surface area contributed by atoms with Gasteiger partial charge in [0.2, 0.25) is 5.91 Å². The quantitative estimate of drug-likeness (QED) is 0.575. The highest BCUT2D eigenvalue weighted by molar-refractivity contribution is 6.32. The van der Waals surface area contributed by atoms with Gasteiger partial charge < -0.3 is 20.3 Å². The number of fused-ring (bicyclic) bond motifs is 1. The number of rotatable bonds is 7. The molecule has 2 aliphatic rings. The molecule has 9 nitrogen and oxygen atoms in total. The van der Waals surface area contributed by atoms with E-state index in [-0.39, 0.29) is 36.6 Å². The lowest BCUT2D eigenvalue weighted by atomic mass is 9.94. The van der Waals surface area contributed by atoms with Gasteiger partial charge in [0.05, 0.1) is 13.7 Å². The Labute approximate surface area is 200 Å². The highest BCUT2D eigenvalue weighted by Gasteiger charge is 2.48. The first kappa shape index (κ1) is 23.8. The Hall–Kier alpha value is -3.30. The number of nitrogens with one attached hydrogen (secondary N) is 2. The number of ether oxygens (including phenoxy) is 1. The summed E-state index contributed by atoms with van der Waals surface area (Å²) in [7, 11) is 3.56. The predicted octanol–water partition coefficient (Wildman–Crippen LogP) is 0.373. The summed E-state index contributed by atoms with van der Waals surface area (Å²) in [4.78, 5) is 41.0. The maximum absolute atomic E-state index is 13.3. The Morgan fingerprint density at radius 3 is 2.68 bits per heavy atom. The number of hydrogen-bond donors (Lipinski definition) is 2. The van der Waals surface area contributed by atoms with Crippen molar-refractivity contribution in [1.82, 2.24) is 25.3 Å². The molecule has 0 bridgehead atoms. The van der Waals surface area contributed by atoms with Crippen molar-refractivity contribution < 1.29 is 19.1 Å². The zero-order valence-electron chi connectivity index (χ0n) is 20.3. The molecule has 1 aromatic heterocycles. The van der Waals surface area contributed by atoms with Crippen molar-refractivity contribution in [3.8, 4) is 5.75 Å². The Morgan fingerprint density at radius 1 is 1.26 bits per heavy atom. The number of aromatic nitrogens is 2. The molecule has 0 radical (unpaired) electrons. The van der Waals surface area contributed by atoms with E-state index < -0.39 is 11.4 Å². The second-order valence-electron chi connectivity index (χ2n) is 9.35. The fourth-order valence-corrected chi connectivity index (χ4v) is 4.97. The van der Waals surface area contributed by atoms with Crippen LogP contribution in [0, 0.1) is 0 Å². The summed E-state index contributed by atoms with van der Waals surface area (Å²) in [5.41, 5.74) is 1.29. The van der Waals surface area contributed by atoms with Gasteiger partial charge in [0.25, 0.3) is 11.8 Å². The van der Waals surface area contributed by atoms with Crippen LogP contribution in [0.2, 0.25) is 0 Å². The lowest BCUT2D eigenvalue weighted by Crippen LogP contribution is -2.64. The van der Waals surface area contributed by atoms with Gasteiger partial charge in [0.15, 0.2) is 5.69 Å². The molecule has 1 unspecified atom stereocenters. The van der Waals surface area contributed by atoms with Gasteiger partial charge in [-0.1, -0.05) is 30.4 Å². The smallest absolute Gasteiger partial charge is 0.273 e. The molecule has 2 aromatic rings. The van der Waals surface area contributed by atoms with Crippen LogP contribution in [0.1, 0.15) is 66.1 Å². The molecular weight excluding hydrogens is 433 g/mol. The summed E-state index contributed by atoms with van der Waals surface area (Å²) >= 11 is 0. The van der Waals surface area contributed by atoms with E-state index in [0.717, 1.165) is 36.7 Å². The van der Waals surface area contributed by atoms with Crippen molar-refractivity contribution in [3.05, 3.63) is 41.2 Å². The summed E-state index contributed by atoms with van der Waals surface area (Å²) in [5, 5.41) is 10.4. The van der Waals surface area contributed by atoms with Gasteiger partial charge in [0.1, 0.15) is 24.8 Å². The third-order valence-electron chi connectivity index (χ3n) is 6.90. The number of hydrogen-bond acceptors (Lipinski definition) is 5. The summed E-state index contributed by atoms with van der Waals surface area (Å²) in [6.45, 7) is 4.47.